The number of aliphatic hydroxyl groups is 4. The number of nitrogens with one attached hydrogen (secondary N) is 1. The summed E-state index contributed by atoms with van der Waals surface area (Å²) in [5, 5.41) is 46.9. The zero-order chi connectivity index (χ0) is 12.9. The second-order valence-electron chi connectivity index (χ2n) is 3.10. The van der Waals surface area contributed by atoms with Crippen LogP contribution in [-0.4, -0.2) is 68.4 Å². The van der Waals surface area contributed by atoms with E-state index in [2.05, 4.69) is 5.32 Å². The predicted octanol–water partition coefficient (Wildman–Crippen LogP) is -3.35. The molecule has 0 unspecified atom stereocenters. The van der Waals surface area contributed by atoms with E-state index in [1.807, 2.05) is 0 Å². The Kier molecular flexibility index (Phi) is 5.89. The van der Waals surface area contributed by atoms with Gasteiger partial charge in [-0.3, -0.25) is 4.79 Å². The lowest BCUT2D eigenvalue weighted by atomic mass is 10.0. The summed E-state index contributed by atoms with van der Waals surface area (Å²) in [6.07, 6.45) is -8.53. The van der Waals surface area contributed by atoms with Gasteiger partial charge in [-0.05, 0) is 6.92 Å². The first-order valence-electron chi connectivity index (χ1n) is 4.55. The van der Waals surface area contributed by atoms with Crippen LogP contribution in [0.25, 0.3) is 0 Å². The lowest BCUT2D eigenvalue weighted by Gasteiger charge is -2.23. The number of amides is 1. The molecule has 0 aromatic heterocycles. The molecule has 8 nitrogen and oxygen atoms in total. The molecule has 1 amide bonds. The average molecular weight is 237 g/mol. The summed E-state index contributed by atoms with van der Waals surface area (Å²) in [6, 6.07) is 0. The molecule has 0 saturated carbocycles. The molecule has 8 heteroatoms. The molecule has 0 aromatic rings. The zero-order valence-corrected chi connectivity index (χ0v) is 8.57. The Labute approximate surface area is 91.1 Å². The number of carbonyl (C=O) groups excluding carboxylic acids is 1. The molecular weight excluding hydrogens is 222 g/mol. The van der Waals surface area contributed by atoms with Crippen LogP contribution < -0.4 is 5.32 Å². The summed E-state index contributed by atoms with van der Waals surface area (Å²) in [5.74, 6) is -2.73. The Morgan fingerprint density at radius 2 is 1.50 bits per heavy atom. The first-order valence-corrected chi connectivity index (χ1v) is 4.55. The molecule has 0 aliphatic heterocycles. The lowest BCUT2D eigenvalue weighted by Crippen LogP contribution is -2.52. The van der Waals surface area contributed by atoms with Crippen molar-refractivity contribution in [2.75, 3.05) is 6.54 Å². The number of carboxylic acids is 1. The van der Waals surface area contributed by atoms with Crippen molar-refractivity contribution < 1.29 is 35.1 Å². The largest absolute Gasteiger partial charge is 0.479 e. The summed E-state index contributed by atoms with van der Waals surface area (Å²) >= 11 is 0. The molecule has 0 radical (unpaired) electrons. The van der Waals surface area contributed by atoms with Crippen LogP contribution >= 0.6 is 0 Å². The molecular formula is C8H15NO7. The Balaban J connectivity index is 4.47. The molecule has 4 atom stereocenters. The van der Waals surface area contributed by atoms with Crippen LogP contribution in [0.1, 0.15) is 6.92 Å². The zero-order valence-electron chi connectivity index (χ0n) is 8.57. The minimum Gasteiger partial charge on any atom is -0.479 e. The second-order valence-corrected chi connectivity index (χ2v) is 3.10. The van der Waals surface area contributed by atoms with Crippen LogP contribution in [0, 0.1) is 0 Å². The van der Waals surface area contributed by atoms with Gasteiger partial charge in [-0.1, -0.05) is 0 Å². The molecule has 0 bridgehead atoms. The highest BCUT2D eigenvalue weighted by Crippen LogP contribution is 2.05. The fourth-order valence-electron chi connectivity index (χ4n) is 0.954. The number of aliphatic hydroxyl groups excluding tert-OH is 4. The van der Waals surface area contributed by atoms with E-state index in [1.165, 1.54) is 0 Å². The molecule has 0 rings (SSSR count). The Hall–Kier alpha value is -1.22. The molecule has 0 spiro atoms. The topological polar surface area (TPSA) is 147 Å². The minimum atomic E-state index is -2.28. The third-order valence-electron chi connectivity index (χ3n) is 1.87. The molecule has 0 saturated heterocycles. The fraction of sp³-hybridized carbons (Fsp3) is 0.750. The SMILES string of the molecule is CCNC(=O)[C@@H](O)[C@H](O)[C@@H](O)[C@@H](O)C(=O)O. The maximum atomic E-state index is 11.0. The maximum Gasteiger partial charge on any atom is 0.335 e. The van der Waals surface area contributed by atoms with Gasteiger partial charge in [-0.15, -0.1) is 0 Å². The lowest BCUT2D eigenvalue weighted by molar-refractivity contribution is -0.166. The van der Waals surface area contributed by atoms with E-state index in [1.54, 1.807) is 6.92 Å². The van der Waals surface area contributed by atoms with Gasteiger partial charge in [0, 0.05) is 6.54 Å². The molecule has 0 aliphatic carbocycles. The van der Waals surface area contributed by atoms with Crippen molar-refractivity contribution in [3.8, 4) is 0 Å². The van der Waals surface area contributed by atoms with E-state index in [4.69, 9.17) is 15.3 Å². The van der Waals surface area contributed by atoms with E-state index < -0.39 is 36.3 Å². The van der Waals surface area contributed by atoms with Crippen LogP contribution in [-0.2, 0) is 9.59 Å². The number of carbonyl (C=O) groups is 2. The number of aliphatic carboxylic acids is 1. The molecule has 16 heavy (non-hydrogen) atoms. The van der Waals surface area contributed by atoms with Crippen LogP contribution in [0.3, 0.4) is 0 Å². The highest BCUT2D eigenvalue weighted by atomic mass is 16.4. The highest BCUT2D eigenvalue weighted by Gasteiger charge is 2.37. The Bertz CT molecular complexity index is 257. The van der Waals surface area contributed by atoms with Gasteiger partial charge in [-0.2, -0.15) is 0 Å². The van der Waals surface area contributed by atoms with Crippen molar-refractivity contribution >= 4 is 11.9 Å². The number of hydrogen-bond acceptors (Lipinski definition) is 6. The standard InChI is InChI=1S/C8H15NO7/c1-2-9-7(14)5(12)3(10)4(11)6(13)8(15)16/h3-6,10-13H,2H2,1H3,(H,9,14)(H,15,16)/t3-,4-,5+,6-/m1/s1. The van der Waals surface area contributed by atoms with E-state index in [0.29, 0.717) is 0 Å². The first kappa shape index (κ1) is 14.8. The normalized spacial score (nSPS) is 18.3. The van der Waals surface area contributed by atoms with E-state index in [-0.39, 0.29) is 6.54 Å². The van der Waals surface area contributed by atoms with Crippen LogP contribution in [0.5, 0.6) is 0 Å². The van der Waals surface area contributed by atoms with Gasteiger partial charge in [0.05, 0.1) is 0 Å². The summed E-state index contributed by atoms with van der Waals surface area (Å²) in [5.41, 5.74) is 0. The van der Waals surface area contributed by atoms with Gasteiger partial charge < -0.3 is 30.8 Å². The van der Waals surface area contributed by atoms with E-state index >= 15 is 0 Å². The fourth-order valence-corrected chi connectivity index (χ4v) is 0.954. The summed E-state index contributed by atoms with van der Waals surface area (Å²) in [7, 11) is 0. The minimum absolute atomic E-state index is 0.195. The molecule has 0 heterocycles. The van der Waals surface area contributed by atoms with E-state index in [9.17, 15) is 19.8 Å². The van der Waals surface area contributed by atoms with Gasteiger partial charge >= 0.3 is 5.97 Å². The Morgan fingerprint density at radius 1 is 1.06 bits per heavy atom. The average Bonchev–Trinajstić information content (AvgIpc) is 2.25. The third-order valence-corrected chi connectivity index (χ3v) is 1.87. The van der Waals surface area contributed by atoms with Crippen molar-refractivity contribution in [2.45, 2.75) is 31.3 Å². The van der Waals surface area contributed by atoms with Gasteiger partial charge in [0.1, 0.15) is 12.2 Å². The van der Waals surface area contributed by atoms with Crippen LogP contribution in [0.4, 0.5) is 0 Å². The molecule has 0 aromatic carbocycles. The molecule has 94 valence electrons. The predicted molar refractivity (Wildman–Crippen MR) is 50.3 cm³/mol. The quantitative estimate of drug-likeness (QED) is 0.283. The number of rotatable bonds is 6. The van der Waals surface area contributed by atoms with Gasteiger partial charge in [0.15, 0.2) is 12.2 Å². The smallest absolute Gasteiger partial charge is 0.335 e. The summed E-state index contributed by atoms with van der Waals surface area (Å²) in [4.78, 5) is 21.3. The summed E-state index contributed by atoms with van der Waals surface area (Å²) < 4.78 is 0. The number of hydrogen-bond donors (Lipinski definition) is 6. The number of carboxylic acid groups (broad SMARTS) is 1. The first-order chi connectivity index (χ1) is 7.32. The summed E-state index contributed by atoms with van der Waals surface area (Å²) in [6.45, 7) is 1.76. The molecule has 0 fully saturated rings. The second kappa shape index (κ2) is 6.38. The molecule has 0 aliphatic rings. The van der Waals surface area contributed by atoms with Gasteiger partial charge in [0.25, 0.3) is 5.91 Å². The van der Waals surface area contributed by atoms with Crippen molar-refractivity contribution in [2.24, 2.45) is 0 Å². The van der Waals surface area contributed by atoms with E-state index in [0.717, 1.165) is 0 Å². The monoisotopic (exact) mass is 237 g/mol. The maximum absolute atomic E-state index is 11.0. The highest BCUT2D eigenvalue weighted by molar-refractivity contribution is 5.81. The van der Waals surface area contributed by atoms with Crippen molar-refractivity contribution in [1.29, 1.82) is 0 Å². The number of likely N-dealkylation sites (N-methyl/N-ethyl adjacent to an activating group) is 1. The van der Waals surface area contributed by atoms with Crippen molar-refractivity contribution in [3.05, 3.63) is 0 Å². The van der Waals surface area contributed by atoms with Crippen molar-refractivity contribution in [1.82, 2.24) is 5.32 Å². The van der Waals surface area contributed by atoms with Crippen molar-refractivity contribution in [3.63, 3.8) is 0 Å². The molecule has 6 N–H and O–H groups in total. The Morgan fingerprint density at radius 3 is 1.88 bits per heavy atom. The van der Waals surface area contributed by atoms with Crippen LogP contribution in [0.15, 0.2) is 0 Å². The van der Waals surface area contributed by atoms with Gasteiger partial charge in [0.2, 0.25) is 0 Å². The van der Waals surface area contributed by atoms with Crippen LogP contribution in [0.2, 0.25) is 0 Å². The van der Waals surface area contributed by atoms with Gasteiger partial charge in [-0.25, -0.2) is 4.79 Å². The third kappa shape index (κ3) is 3.74.